The molecule has 0 saturated carbocycles. The number of nitrogens with zero attached hydrogens (tertiary/aromatic N) is 2. The number of carbonyl (C=O) groups excluding carboxylic acids is 2. The number of piperidine rings is 1. The van der Waals surface area contributed by atoms with Gasteiger partial charge in [-0.15, -0.1) is 0 Å². The normalized spacial score (nSPS) is 14.6. The molecule has 0 atom stereocenters. The van der Waals surface area contributed by atoms with E-state index in [4.69, 9.17) is 11.6 Å². The molecule has 0 radical (unpaired) electrons. The third-order valence-electron chi connectivity index (χ3n) is 5.67. The van der Waals surface area contributed by atoms with E-state index in [-0.39, 0.29) is 17.7 Å². The van der Waals surface area contributed by atoms with E-state index in [2.05, 4.69) is 31.0 Å². The minimum absolute atomic E-state index is 0.00764. The number of carbonyl (C=O) groups is 2. The number of hydrogen-bond donors (Lipinski definition) is 1. The number of benzene rings is 2. The summed E-state index contributed by atoms with van der Waals surface area (Å²) in [4.78, 5) is 29.4. The molecule has 3 rings (SSSR count). The molecule has 1 aliphatic heterocycles. The van der Waals surface area contributed by atoms with Crippen LogP contribution in [0.4, 0.5) is 11.4 Å². The highest BCUT2D eigenvalue weighted by molar-refractivity contribution is 6.30. The molecule has 0 bridgehead atoms. The summed E-state index contributed by atoms with van der Waals surface area (Å²) in [6.45, 7) is 8.58. The van der Waals surface area contributed by atoms with Gasteiger partial charge in [-0.2, -0.15) is 0 Å². The second kappa shape index (κ2) is 9.98. The van der Waals surface area contributed by atoms with Crippen LogP contribution in [-0.2, 0) is 4.79 Å². The molecular formula is C24H30ClN3O2. The Kier molecular flexibility index (Phi) is 7.38. The zero-order valence-electron chi connectivity index (χ0n) is 17.9. The van der Waals surface area contributed by atoms with Gasteiger partial charge in [0, 0.05) is 53.6 Å². The van der Waals surface area contributed by atoms with Crippen LogP contribution in [0.5, 0.6) is 0 Å². The van der Waals surface area contributed by atoms with Crippen molar-refractivity contribution in [2.75, 3.05) is 29.9 Å². The summed E-state index contributed by atoms with van der Waals surface area (Å²) < 4.78 is 0. The van der Waals surface area contributed by atoms with Crippen LogP contribution in [0.3, 0.4) is 0 Å². The van der Waals surface area contributed by atoms with Crippen LogP contribution in [0.25, 0.3) is 0 Å². The molecule has 1 heterocycles. The lowest BCUT2D eigenvalue weighted by Crippen LogP contribution is -2.41. The third-order valence-corrected chi connectivity index (χ3v) is 5.93. The number of hydrogen-bond acceptors (Lipinski definition) is 3. The van der Waals surface area contributed by atoms with Gasteiger partial charge >= 0.3 is 0 Å². The third kappa shape index (κ3) is 5.33. The molecule has 5 nitrogen and oxygen atoms in total. The van der Waals surface area contributed by atoms with Crippen molar-refractivity contribution in [3.05, 3.63) is 59.1 Å². The Hall–Kier alpha value is -2.53. The number of likely N-dealkylation sites (tertiary alicyclic amines) is 1. The number of rotatable bonds is 6. The quantitative estimate of drug-likeness (QED) is 0.700. The Labute approximate surface area is 184 Å². The van der Waals surface area contributed by atoms with Crippen molar-refractivity contribution in [2.45, 2.75) is 39.7 Å². The molecule has 1 N–H and O–H groups in total. The Morgan fingerprint density at radius 1 is 1.07 bits per heavy atom. The van der Waals surface area contributed by atoms with Gasteiger partial charge in [-0.25, -0.2) is 0 Å². The van der Waals surface area contributed by atoms with Gasteiger partial charge in [0.05, 0.1) is 0 Å². The fraction of sp³-hybridized carbons (Fsp3) is 0.417. The molecule has 2 amide bonds. The van der Waals surface area contributed by atoms with E-state index in [0.717, 1.165) is 17.9 Å². The second-order valence-electron chi connectivity index (χ2n) is 7.99. The molecule has 6 heteroatoms. The largest absolute Gasteiger partial charge is 0.369 e. The lowest BCUT2D eigenvalue weighted by Gasteiger charge is -2.31. The molecule has 2 aromatic rings. The monoisotopic (exact) mass is 427 g/mol. The van der Waals surface area contributed by atoms with Gasteiger partial charge < -0.3 is 15.1 Å². The molecular weight excluding hydrogens is 398 g/mol. The van der Waals surface area contributed by atoms with Crippen molar-refractivity contribution >= 4 is 34.8 Å². The standard InChI is InChI=1S/C24H30ClN3O2/c1-4-28(17(2)3)22-11-9-21(10-12-22)26-23(29)18-13-15-27(16-14-18)24(30)19-5-7-20(25)8-6-19/h5-12,17-18H,4,13-16H2,1-3H3,(H,26,29). The van der Waals surface area contributed by atoms with Crippen LogP contribution < -0.4 is 10.2 Å². The van der Waals surface area contributed by atoms with Gasteiger partial charge in [-0.3, -0.25) is 9.59 Å². The van der Waals surface area contributed by atoms with Crippen LogP contribution >= 0.6 is 11.6 Å². The fourth-order valence-electron chi connectivity index (χ4n) is 3.95. The number of nitrogens with one attached hydrogen (secondary N) is 1. The van der Waals surface area contributed by atoms with Crippen molar-refractivity contribution in [1.82, 2.24) is 4.90 Å². The molecule has 0 unspecified atom stereocenters. The molecule has 2 aromatic carbocycles. The Bertz CT molecular complexity index is 857. The van der Waals surface area contributed by atoms with Crippen molar-refractivity contribution in [3.63, 3.8) is 0 Å². The van der Waals surface area contributed by atoms with E-state index in [1.165, 1.54) is 0 Å². The molecule has 0 aromatic heterocycles. The fourth-order valence-corrected chi connectivity index (χ4v) is 4.07. The van der Waals surface area contributed by atoms with Crippen molar-refractivity contribution in [3.8, 4) is 0 Å². The van der Waals surface area contributed by atoms with E-state index in [1.54, 1.807) is 24.3 Å². The Morgan fingerprint density at radius 3 is 2.20 bits per heavy atom. The maximum atomic E-state index is 12.7. The smallest absolute Gasteiger partial charge is 0.253 e. The van der Waals surface area contributed by atoms with Gasteiger partial charge in [0.25, 0.3) is 5.91 Å². The van der Waals surface area contributed by atoms with Crippen LogP contribution in [-0.4, -0.2) is 42.4 Å². The minimum Gasteiger partial charge on any atom is -0.369 e. The molecule has 0 spiro atoms. The van der Waals surface area contributed by atoms with Crippen molar-refractivity contribution in [2.24, 2.45) is 5.92 Å². The summed E-state index contributed by atoms with van der Waals surface area (Å²) in [5.74, 6) is -0.0638. The summed E-state index contributed by atoms with van der Waals surface area (Å²) >= 11 is 5.90. The summed E-state index contributed by atoms with van der Waals surface area (Å²) in [6, 6.07) is 15.4. The highest BCUT2D eigenvalue weighted by atomic mass is 35.5. The first-order valence-corrected chi connectivity index (χ1v) is 11.0. The lowest BCUT2D eigenvalue weighted by atomic mass is 9.95. The molecule has 160 valence electrons. The zero-order valence-corrected chi connectivity index (χ0v) is 18.7. The summed E-state index contributed by atoms with van der Waals surface area (Å²) in [5.41, 5.74) is 2.59. The average Bonchev–Trinajstić information content (AvgIpc) is 2.75. The summed E-state index contributed by atoms with van der Waals surface area (Å²) in [6.07, 6.45) is 1.33. The zero-order chi connectivity index (χ0) is 21.7. The summed E-state index contributed by atoms with van der Waals surface area (Å²) in [5, 5.41) is 3.64. The van der Waals surface area contributed by atoms with E-state index in [0.29, 0.717) is 42.6 Å². The average molecular weight is 428 g/mol. The molecule has 1 saturated heterocycles. The van der Waals surface area contributed by atoms with Crippen molar-refractivity contribution in [1.29, 1.82) is 0 Å². The van der Waals surface area contributed by atoms with Crippen LogP contribution in [0.15, 0.2) is 48.5 Å². The van der Waals surface area contributed by atoms with Crippen molar-refractivity contribution < 1.29 is 9.59 Å². The van der Waals surface area contributed by atoms with E-state index in [9.17, 15) is 9.59 Å². The molecule has 1 fully saturated rings. The Balaban J connectivity index is 1.53. The van der Waals surface area contributed by atoms with Crippen LogP contribution in [0, 0.1) is 5.92 Å². The van der Waals surface area contributed by atoms with Crippen LogP contribution in [0.2, 0.25) is 5.02 Å². The molecule has 1 aliphatic rings. The molecule has 30 heavy (non-hydrogen) atoms. The van der Waals surface area contributed by atoms with Gasteiger partial charge in [-0.05, 0) is 82.1 Å². The number of amides is 2. The summed E-state index contributed by atoms with van der Waals surface area (Å²) in [7, 11) is 0. The SMILES string of the molecule is CCN(c1ccc(NC(=O)C2CCN(C(=O)c3ccc(Cl)cc3)CC2)cc1)C(C)C. The maximum Gasteiger partial charge on any atom is 0.253 e. The Morgan fingerprint density at radius 2 is 1.67 bits per heavy atom. The topological polar surface area (TPSA) is 52.7 Å². The van der Waals surface area contributed by atoms with E-state index < -0.39 is 0 Å². The molecule has 0 aliphatic carbocycles. The first kappa shape index (κ1) is 22.2. The predicted molar refractivity (Wildman–Crippen MR) is 123 cm³/mol. The van der Waals surface area contributed by atoms with Gasteiger partial charge in [0.2, 0.25) is 5.91 Å². The van der Waals surface area contributed by atoms with E-state index >= 15 is 0 Å². The van der Waals surface area contributed by atoms with Crippen LogP contribution in [0.1, 0.15) is 44.0 Å². The van der Waals surface area contributed by atoms with E-state index in [1.807, 2.05) is 29.2 Å². The minimum atomic E-state index is -0.0817. The van der Waals surface area contributed by atoms with Gasteiger partial charge in [-0.1, -0.05) is 11.6 Å². The highest BCUT2D eigenvalue weighted by Crippen LogP contribution is 2.23. The van der Waals surface area contributed by atoms with Gasteiger partial charge in [0.15, 0.2) is 0 Å². The number of halogens is 1. The highest BCUT2D eigenvalue weighted by Gasteiger charge is 2.28. The first-order valence-electron chi connectivity index (χ1n) is 10.6. The second-order valence-corrected chi connectivity index (χ2v) is 8.43. The first-order chi connectivity index (χ1) is 14.4. The predicted octanol–water partition coefficient (Wildman–Crippen LogP) is 5.07. The van der Waals surface area contributed by atoms with Gasteiger partial charge in [0.1, 0.15) is 0 Å². The number of anilines is 2. The lowest BCUT2D eigenvalue weighted by molar-refractivity contribution is -0.121. The maximum absolute atomic E-state index is 12.7.